The maximum absolute atomic E-state index is 5.96. The van der Waals surface area contributed by atoms with Crippen molar-refractivity contribution >= 4 is 11.6 Å². The van der Waals surface area contributed by atoms with E-state index >= 15 is 0 Å². The fourth-order valence-electron chi connectivity index (χ4n) is 1.68. The largest absolute Gasteiger partial charge is 0.485 e. The lowest BCUT2D eigenvalue weighted by Gasteiger charge is -2.14. The molecule has 0 fully saturated rings. The van der Waals surface area contributed by atoms with Crippen molar-refractivity contribution in [3.05, 3.63) is 47.0 Å². The molecule has 1 heterocycles. The monoisotopic (exact) mass is 265 g/mol. The predicted octanol–water partition coefficient (Wildman–Crippen LogP) is 2.67. The number of halogens is 1. The summed E-state index contributed by atoms with van der Waals surface area (Å²) in [6.45, 7) is 2.31. The molecule has 1 aromatic heterocycles. The summed E-state index contributed by atoms with van der Waals surface area (Å²) in [5.41, 5.74) is 6.80. The molecule has 0 aliphatic carbocycles. The van der Waals surface area contributed by atoms with Crippen LogP contribution in [0.15, 0.2) is 30.6 Å². The average molecular weight is 266 g/mol. The van der Waals surface area contributed by atoms with Crippen LogP contribution < -0.4 is 10.5 Å². The Morgan fingerprint density at radius 3 is 2.89 bits per heavy atom. The van der Waals surface area contributed by atoms with Gasteiger partial charge in [-0.25, -0.2) is 4.98 Å². The molecule has 5 heteroatoms. The minimum absolute atomic E-state index is 0.125. The summed E-state index contributed by atoms with van der Waals surface area (Å²) < 4.78 is 7.67. The summed E-state index contributed by atoms with van der Waals surface area (Å²) in [5.74, 6) is 1.61. The van der Waals surface area contributed by atoms with E-state index in [9.17, 15) is 0 Å². The maximum atomic E-state index is 5.96. The van der Waals surface area contributed by atoms with E-state index in [1.165, 1.54) is 0 Å². The van der Waals surface area contributed by atoms with Crippen LogP contribution in [0.25, 0.3) is 0 Å². The lowest BCUT2D eigenvalue weighted by molar-refractivity contribution is 0.287. The number of benzene rings is 1. The first-order chi connectivity index (χ1) is 8.58. The van der Waals surface area contributed by atoms with Gasteiger partial charge in [0.25, 0.3) is 0 Å². The number of nitrogens with zero attached hydrogens (tertiary/aromatic N) is 2. The summed E-state index contributed by atoms with van der Waals surface area (Å²) in [4.78, 5) is 4.20. The molecule has 0 aliphatic heterocycles. The Morgan fingerprint density at radius 1 is 1.50 bits per heavy atom. The molecule has 0 saturated carbocycles. The number of aromatic nitrogens is 2. The van der Waals surface area contributed by atoms with Crippen molar-refractivity contribution in [2.24, 2.45) is 12.8 Å². The van der Waals surface area contributed by atoms with Gasteiger partial charge in [-0.15, -0.1) is 0 Å². The molecule has 1 atom stereocenters. The first-order valence-corrected chi connectivity index (χ1v) is 6.09. The molecule has 0 bridgehead atoms. The Balaban J connectivity index is 2.16. The summed E-state index contributed by atoms with van der Waals surface area (Å²) in [7, 11) is 1.93. The zero-order chi connectivity index (χ0) is 13.1. The topological polar surface area (TPSA) is 53.1 Å². The molecule has 4 nitrogen and oxygen atoms in total. The highest BCUT2D eigenvalue weighted by Gasteiger charge is 2.10. The molecule has 0 unspecified atom stereocenters. The van der Waals surface area contributed by atoms with E-state index in [1.807, 2.05) is 36.9 Å². The minimum atomic E-state index is -0.125. The van der Waals surface area contributed by atoms with E-state index in [-0.39, 0.29) is 6.04 Å². The maximum Gasteiger partial charge on any atom is 0.146 e. The van der Waals surface area contributed by atoms with Crippen LogP contribution in [-0.4, -0.2) is 9.55 Å². The smallest absolute Gasteiger partial charge is 0.146 e. The minimum Gasteiger partial charge on any atom is -0.485 e. The van der Waals surface area contributed by atoms with Gasteiger partial charge in [0.1, 0.15) is 18.2 Å². The predicted molar refractivity (Wildman–Crippen MR) is 71.6 cm³/mol. The number of nitrogens with two attached hydrogens (primary N) is 1. The van der Waals surface area contributed by atoms with Crippen LogP contribution in [-0.2, 0) is 13.7 Å². The van der Waals surface area contributed by atoms with Gasteiger partial charge >= 0.3 is 0 Å². The van der Waals surface area contributed by atoms with Gasteiger partial charge < -0.3 is 15.0 Å². The van der Waals surface area contributed by atoms with Crippen molar-refractivity contribution in [1.29, 1.82) is 0 Å². The molecular formula is C13H16ClN3O. The molecule has 2 rings (SSSR count). The van der Waals surface area contributed by atoms with E-state index in [0.717, 1.165) is 17.1 Å². The molecular weight excluding hydrogens is 250 g/mol. The zero-order valence-corrected chi connectivity index (χ0v) is 11.2. The quantitative estimate of drug-likeness (QED) is 0.925. The number of aryl methyl sites for hydroxylation is 1. The molecule has 18 heavy (non-hydrogen) atoms. The molecule has 1 aromatic carbocycles. The van der Waals surface area contributed by atoms with Crippen molar-refractivity contribution in [1.82, 2.24) is 9.55 Å². The summed E-state index contributed by atoms with van der Waals surface area (Å²) in [5, 5.41) is 0.659. The van der Waals surface area contributed by atoms with Crippen molar-refractivity contribution < 1.29 is 4.74 Å². The SMILES string of the molecule is C[C@@H](N)c1cc(Cl)ccc1OCc1nccn1C. The average Bonchev–Trinajstić information content (AvgIpc) is 2.73. The van der Waals surface area contributed by atoms with Crippen molar-refractivity contribution in [2.45, 2.75) is 19.6 Å². The molecule has 0 radical (unpaired) electrons. The van der Waals surface area contributed by atoms with Crippen molar-refractivity contribution in [3.63, 3.8) is 0 Å². The van der Waals surface area contributed by atoms with E-state index in [1.54, 1.807) is 12.3 Å². The van der Waals surface area contributed by atoms with Crippen molar-refractivity contribution in [2.75, 3.05) is 0 Å². The van der Waals surface area contributed by atoms with Gasteiger partial charge in [0.2, 0.25) is 0 Å². The second kappa shape index (κ2) is 5.42. The van der Waals surface area contributed by atoms with Gasteiger partial charge in [-0.05, 0) is 25.1 Å². The summed E-state index contributed by atoms with van der Waals surface area (Å²) >= 11 is 5.96. The third kappa shape index (κ3) is 2.83. The number of hydrogen-bond donors (Lipinski definition) is 1. The van der Waals surface area contributed by atoms with E-state index in [0.29, 0.717) is 11.6 Å². The van der Waals surface area contributed by atoms with E-state index in [4.69, 9.17) is 22.1 Å². The van der Waals surface area contributed by atoms with Gasteiger partial charge in [-0.2, -0.15) is 0 Å². The molecule has 2 N–H and O–H groups in total. The molecule has 0 amide bonds. The lowest BCUT2D eigenvalue weighted by atomic mass is 10.1. The second-order valence-electron chi connectivity index (χ2n) is 4.21. The molecule has 0 spiro atoms. The van der Waals surface area contributed by atoms with Crippen LogP contribution in [0.3, 0.4) is 0 Å². The lowest BCUT2D eigenvalue weighted by Crippen LogP contribution is -2.09. The highest BCUT2D eigenvalue weighted by Crippen LogP contribution is 2.27. The van der Waals surface area contributed by atoms with Gasteiger partial charge in [0.05, 0.1) is 0 Å². The Labute approximate surface area is 111 Å². The Kier molecular flexibility index (Phi) is 3.89. The van der Waals surface area contributed by atoms with Gasteiger partial charge in [-0.3, -0.25) is 0 Å². The molecule has 0 saturated heterocycles. The second-order valence-corrected chi connectivity index (χ2v) is 4.65. The standard InChI is InChI=1S/C13H16ClN3O/c1-9(15)11-7-10(14)3-4-12(11)18-8-13-16-5-6-17(13)2/h3-7,9H,8,15H2,1-2H3/t9-/m1/s1. The van der Waals surface area contributed by atoms with Gasteiger partial charge in [0, 0.05) is 36.1 Å². The summed E-state index contributed by atoms with van der Waals surface area (Å²) in [6.07, 6.45) is 3.63. The third-order valence-electron chi connectivity index (χ3n) is 2.74. The zero-order valence-electron chi connectivity index (χ0n) is 10.4. The summed E-state index contributed by atoms with van der Waals surface area (Å²) in [6, 6.07) is 5.34. The fourth-order valence-corrected chi connectivity index (χ4v) is 1.87. The molecule has 96 valence electrons. The Bertz CT molecular complexity index is 537. The van der Waals surface area contributed by atoms with Crippen molar-refractivity contribution in [3.8, 4) is 5.75 Å². The fraction of sp³-hybridized carbons (Fsp3) is 0.308. The first-order valence-electron chi connectivity index (χ1n) is 5.72. The van der Waals surface area contributed by atoms with E-state index < -0.39 is 0 Å². The van der Waals surface area contributed by atoms with Crippen LogP contribution in [0.5, 0.6) is 5.75 Å². The van der Waals surface area contributed by atoms with E-state index in [2.05, 4.69) is 4.98 Å². The highest BCUT2D eigenvalue weighted by atomic mass is 35.5. The first kappa shape index (κ1) is 12.9. The number of imidazole rings is 1. The van der Waals surface area contributed by atoms with Crippen LogP contribution in [0.2, 0.25) is 5.02 Å². The number of hydrogen-bond acceptors (Lipinski definition) is 3. The van der Waals surface area contributed by atoms with Crippen LogP contribution in [0.1, 0.15) is 24.4 Å². The van der Waals surface area contributed by atoms with Crippen LogP contribution in [0, 0.1) is 0 Å². The number of ether oxygens (including phenoxy) is 1. The Hall–Kier alpha value is -1.52. The normalized spacial score (nSPS) is 12.4. The molecule has 0 aliphatic rings. The Morgan fingerprint density at radius 2 is 2.28 bits per heavy atom. The van der Waals surface area contributed by atoms with Crippen LogP contribution in [0.4, 0.5) is 0 Å². The third-order valence-corrected chi connectivity index (χ3v) is 2.98. The van der Waals surface area contributed by atoms with Gasteiger partial charge in [-0.1, -0.05) is 11.6 Å². The van der Waals surface area contributed by atoms with Gasteiger partial charge in [0.15, 0.2) is 0 Å². The number of rotatable bonds is 4. The highest BCUT2D eigenvalue weighted by molar-refractivity contribution is 6.30. The van der Waals surface area contributed by atoms with Crippen LogP contribution >= 0.6 is 11.6 Å². The molecule has 2 aromatic rings.